The highest BCUT2D eigenvalue weighted by Crippen LogP contribution is 2.24. The first-order valence-electron chi connectivity index (χ1n) is 9.12. The van der Waals surface area contributed by atoms with Gasteiger partial charge in [0.05, 0.1) is 6.42 Å². The lowest BCUT2D eigenvalue weighted by Gasteiger charge is -2.31. The monoisotopic (exact) mass is 349 g/mol. The molecule has 2 aliphatic rings. The summed E-state index contributed by atoms with van der Waals surface area (Å²) in [5, 5.41) is 15.1. The van der Waals surface area contributed by atoms with Crippen molar-refractivity contribution in [1.82, 2.24) is 19.8 Å². The summed E-state index contributed by atoms with van der Waals surface area (Å²) >= 11 is 0. The third-order valence-electron chi connectivity index (χ3n) is 5.21. The highest BCUT2D eigenvalue weighted by Gasteiger charge is 2.26. The number of hydrogen-bond donors (Lipinski definition) is 3. The van der Waals surface area contributed by atoms with E-state index in [-0.39, 0.29) is 18.2 Å². The van der Waals surface area contributed by atoms with Crippen LogP contribution in [-0.4, -0.2) is 64.2 Å². The molecule has 0 aliphatic carbocycles. The van der Waals surface area contributed by atoms with Gasteiger partial charge in [0.2, 0.25) is 11.9 Å². The van der Waals surface area contributed by atoms with Crippen LogP contribution < -0.4 is 10.6 Å². The second kappa shape index (κ2) is 8.44. The molecule has 8 nitrogen and oxygen atoms in total. The largest absolute Gasteiger partial charge is 0.481 e. The Kier molecular flexibility index (Phi) is 6.04. The number of imidazole rings is 1. The Balaban J connectivity index is 1.50. The van der Waals surface area contributed by atoms with Gasteiger partial charge >= 0.3 is 5.97 Å². The van der Waals surface area contributed by atoms with E-state index in [0.29, 0.717) is 18.5 Å². The molecule has 3 rings (SSSR count). The second-order valence-electron chi connectivity index (χ2n) is 6.89. The number of aromatic nitrogens is 2. The summed E-state index contributed by atoms with van der Waals surface area (Å²) in [5.41, 5.74) is 0. The lowest BCUT2D eigenvalue weighted by atomic mass is 9.96. The summed E-state index contributed by atoms with van der Waals surface area (Å²) in [6, 6.07) is 0.386. The zero-order valence-corrected chi connectivity index (χ0v) is 14.5. The molecule has 3 heterocycles. The van der Waals surface area contributed by atoms with E-state index in [1.54, 1.807) is 6.20 Å². The number of carbonyl (C=O) groups is 2. The van der Waals surface area contributed by atoms with Crippen molar-refractivity contribution >= 4 is 17.8 Å². The van der Waals surface area contributed by atoms with E-state index in [1.807, 2.05) is 6.20 Å². The number of carboxylic acid groups (broad SMARTS) is 1. The molecule has 0 aromatic carbocycles. The standard InChI is InChI=1S/C17H27N5O3/c23-15(24)5-11-21-9-3-13(4-10-21)16(25)20-17-19-8-12-22(17)14-1-6-18-7-2-14/h8,12-14,18H,1-7,9-11H2,(H,23,24)(H,19,20,25). The van der Waals surface area contributed by atoms with Gasteiger partial charge in [-0.25, -0.2) is 4.98 Å². The molecule has 0 bridgehead atoms. The molecule has 2 saturated heterocycles. The number of hydrogen-bond acceptors (Lipinski definition) is 5. The van der Waals surface area contributed by atoms with Crippen LogP contribution in [0.3, 0.4) is 0 Å². The average Bonchev–Trinajstić information content (AvgIpc) is 3.09. The molecule has 1 aromatic heterocycles. The lowest BCUT2D eigenvalue weighted by Crippen LogP contribution is -2.39. The SMILES string of the molecule is O=C(O)CCN1CCC(C(=O)Nc2nccn2C2CCNCC2)CC1. The number of aliphatic carboxylic acids is 1. The predicted molar refractivity (Wildman–Crippen MR) is 93.4 cm³/mol. The van der Waals surface area contributed by atoms with Gasteiger partial charge in [-0.2, -0.15) is 0 Å². The fourth-order valence-corrected chi connectivity index (χ4v) is 3.67. The van der Waals surface area contributed by atoms with E-state index >= 15 is 0 Å². The number of carboxylic acids is 1. The van der Waals surface area contributed by atoms with Crippen LogP contribution in [0, 0.1) is 5.92 Å². The number of nitrogens with zero attached hydrogens (tertiary/aromatic N) is 3. The minimum Gasteiger partial charge on any atom is -0.481 e. The Morgan fingerprint density at radius 3 is 2.64 bits per heavy atom. The summed E-state index contributed by atoms with van der Waals surface area (Å²) in [4.78, 5) is 29.7. The number of carbonyl (C=O) groups excluding carboxylic acids is 1. The topological polar surface area (TPSA) is 99.5 Å². The fraction of sp³-hybridized carbons (Fsp3) is 0.706. The third-order valence-corrected chi connectivity index (χ3v) is 5.21. The first kappa shape index (κ1) is 17.9. The molecule has 2 aliphatic heterocycles. The van der Waals surface area contributed by atoms with Gasteiger partial charge in [0.1, 0.15) is 0 Å². The summed E-state index contributed by atoms with van der Waals surface area (Å²) in [7, 11) is 0. The Morgan fingerprint density at radius 1 is 1.24 bits per heavy atom. The molecule has 25 heavy (non-hydrogen) atoms. The van der Waals surface area contributed by atoms with Crippen molar-refractivity contribution in [1.29, 1.82) is 0 Å². The maximum atomic E-state index is 12.6. The van der Waals surface area contributed by atoms with Gasteiger partial charge in [-0.05, 0) is 51.9 Å². The van der Waals surface area contributed by atoms with Crippen molar-refractivity contribution in [3.05, 3.63) is 12.4 Å². The molecule has 1 aromatic rings. The van der Waals surface area contributed by atoms with Gasteiger partial charge < -0.3 is 19.9 Å². The molecule has 8 heteroatoms. The van der Waals surface area contributed by atoms with E-state index in [0.717, 1.165) is 51.9 Å². The van der Waals surface area contributed by atoms with Gasteiger partial charge in [0.15, 0.2) is 0 Å². The number of rotatable bonds is 6. The van der Waals surface area contributed by atoms with Gasteiger partial charge in [-0.1, -0.05) is 0 Å². The Morgan fingerprint density at radius 2 is 1.96 bits per heavy atom. The molecule has 0 radical (unpaired) electrons. The minimum atomic E-state index is -0.774. The van der Waals surface area contributed by atoms with Crippen LogP contribution in [0.4, 0.5) is 5.95 Å². The summed E-state index contributed by atoms with van der Waals surface area (Å²) < 4.78 is 2.08. The number of piperidine rings is 2. The van der Waals surface area contributed by atoms with Gasteiger partial charge in [0.25, 0.3) is 0 Å². The lowest BCUT2D eigenvalue weighted by molar-refractivity contribution is -0.137. The maximum absolute atomic E-state index is 12.6. The van der Waals surface area contributed by atoms with Gasteiger partial charge in [0, 0.05) is 30.9 Å². The van der Waals surface area contributed by atoms with Gasteiger partial charge in [-0.3, -0.25) is 14.9 Å². The van der Waals surface area contributed by atoms with Crippen LogP contribution in [0.25, 0.3) is 0 Å². The Labute approximate surface area is 147 Å². The molecule has 2 fully saturated rings. The van der Waals surface area contributed by atoms with Crippen LogP contribution in [0.2, 0.25) is 0 Å². The van der Waals surface area contributed by atoms with Crippen LogP contribution in [0.1, 0.15) is 38.1 Å². The number of anilines is 1. The van der Waals surface area contributed by atoms with Crippen LogP contribution in [0.5, 0.6) is 0 Å². The highest BCUT2D eigenvalue weighted by atomic mass is 16.4. The second-order valence-corrected chi connectivity index (χ2v) is 6.89. The molecule has 0 unspecified atom stereocenters. The maximum Gasteiger partial charge on any atom is 0.304 e. The Hall–Kier alpha value is -1.93. The van der Waals surface area contributed by atoms with Crippen LogP contribution >= 0.6 is 0 Å². The highest BCUT2D eigenvalue weighted by molar-refractivity contribution is 5.91. The zero-order chi connectivity index (χ0) is 17.6. The predicted octanol–water partition coefficient (Wildman–Crippen LogP) is 0.933. The number of amides is 1. The van der Waals surface area contributed by atoms with E-state index in [2.05, 4.69) is 25.1 Å². The van der Waals surface area contributed by atoms with Crippen LogP contribution in [-0.2, 0) is 9.59 Å². The summed E-state index contributed by atoms with van der Waals surface area (Å²) in [6.45, 7) is 4.09. The summed E-state index contributed by atoms with van der Waals surface area (Å²) in [6.07, 6.45) is 7.46. The van der Waals surface area contributed by atoms with Crippen molar-refractivity contribution in [3.8, 4) is 0 Å². The molecule has 1 amide bonds. The summed E-state index contributed by atoms with van der Waals surface area (Å²) in [5.74, 6) is -0.131. The Bertz CT molecular complexity index is 589. The molecule has 138 valence electrons. The fourth-order valence-electron chi connectivity index (χ4n) is 3.67. The smallest absolute Gasteiger partial charge is 0.304 e. The first-order valence-corrected chi connectivity index (χ1v) is 9.12. The molecule has 3 N–H and O–H groups in total. The van der Waals surface area contributed by atoms with E-state index in [4.69, 9.17) is 5.11 Å². The number of likely N-dealkylation sites (tertiary alicyclic amines) is 1. The van der Waals surface area contributed by atoms with Crippen LogP contribution in [0.15, 0.2) is 12.4 Å². The average molecular weight is 349 g/mol. The van der Waals surface area contributed by atoms with E-state index < -0.39 is 5.97 Å². The van der Waals surface area contributed by atoms with Crippen molar-refractivity contribution in [2.45, 2.75) is 38.1 Å². The molecular formula is C17H27N5O3. The van der Waals surface area contributed by atoms with Crippen molar-refractivity contribution in [2.24, 2.45) is 5.92 Å². The minimum absolute atomic E-state index is 0.0271. The van der Waals surface area contributed by atoms with Gasteiger partial charge in [-0.15, -0.1) is 0 Å². The van der Waals surface area contributed by atoms with Crippen molar-refractivity contribution in [2.75, 3.05) is 38.0 Å². The molecule has 0 saturated carbocycles. The first-order chi connectivity index (χ1) is 12.1. The zero-order valence-electron chi connectivity index (χ0n) is 14.5. The third kappa shape index (κ3) is 4.79. The molecular weight excluding hydrogens is 322 g/mol. The van der Waals surface area contributed by atoms with Crippen molar-refractivity contribution < 1.29 is 14.7 Å². The van der Waals surface area contributed by atoms with E-state index in [9.17, 15) is 9.59 Å². The number of nitrogens with one attached hydrogen (secondary N) is 2. The normalized spacial score (nSPS) is 20.5. The molecule has 0 atom stereocenters. The molecule has 0 spiro atoms. The van der Waals surface area contributed by atoms with E-state index in [1.165, 1.54) is 0 Å². The quantitative estimate of drug-likeness (QED) is 0.707. The van der Waals surface area contributed by atoms with Crippen molar-refractivity contribution in [3.63, 3.8) is 0 Å².